The smallest absolute Gasteiger partial charge is 0.348 e. The van der Waals surface area contributed by atoms with Crippen LogP contribution in [0, 0.1) is 0 Å². The quantitative estimate of drug-likeness (QED) is 0.700. The molecule has 154 valence electrons. The van der Waals surface area contributed by atoms with Gasteiger partial charge in [0.15, 0.2) is 15.0 Å². The number of hydrogen-bond acceptors (Lipinski definition) is 6. The number of thioether (sulfide) groups is 1. The molecular formula is C16H17ClF3N3O3S2. The van der Waals surface area contributed by atoms with Crippen molar-refractivity contribution in [1.29, 1.82) is 0 Å². The largest absolute Gasteiger partial charge is 0.416 e. The summed E-state index contributed by atoms with van der Waals surface area (Å²) >= 11 is 7.22. The molecule has 2 aliphatic heterocycles. The number of sulfone groups is 1. The molecular weight excluding hydrogens is 439 g/mol. The van der Waals surface area contributed by atoms with Crippen LogP contribution in [-0.4, -0.2) is 67.8 Å². The van der Waals surface area contributed by atoms with Crippen molar-refractivity contribution in [1.82, 2.24) is 4.90 Å². The molecule has 2 aliphatic rings. The molecule has 1 aromatic carbocycles. The Balaban J connectivity index is 2.00. The fraction of sp³-hybridized carbons (Fsp3) is 0.500. The van der Waals surface area contributed by atoms with Crippen LogP contribution in [0.5, 0.6) is 0 Å². The number of alkyl halides is 3. The number of halogens is 4. The van der Waals surface area contributed by atoms with Gasteiger partial charge < -0.3 is 9.80 Å². The standard InChI is InChI=1S/C16H17ClF3N3O3S2/c1-22(2)14(24)6-27-15-21-11-7-28(25,26)8-13(11)23(15)12-5-9(16(18,19)20)3-4-10(12)17/h3-5,11,13H,6-8H2,1-2H3/t11-,13-/m1/s1. The second-order valence-corrected chi connectivity index (χ2v) is 10.2. The molecule has 12 heteroatoms. The van der Waals surface area contributed by atoms with E-state index in [2.05, 4.69) is 4.99 Å². The van der Waals surface area contributed by atoms with Crippen LogP contribution in [0.4, 0.5) is 18.9 Å². The van der Waals surface area contributed by atoms with Crippen LogP contribution >= 0.6 is 23.4 Å². The molecule has 1 amide bonds. The Hall–Kier alpha value is -1.46. The molecule has 6 nitrogen and oxygen atoms in total. The number of fused-ring (bicyclic) bond motifs is 1. The lowest BCUT2D eigenvalue weighted by molar-refractivity contribution is -0.137. The molecule has 0 bridgehead atoms. The van der Waals surface area contributed by atoms with E-state index in [0.29, 0.717) is 5.17 Å². The van der Waals surface area contributed by atoms with E-state index in [9.17, 15) is 26.4 Å². The minimum atomic E-state index is -4.58. The zero-order chi connectivity index (χ0) is 20.9. The molecule has 1 aromatic rings. The van der Waals surface area contributed by atoms with Crippen molar-refractivity contribution >= 4 is 50.0 Å². The van der Waals surface area contributed by atoms with E-state index in [1.807, 2.05) is 0 Å². The summed E-state index contributed by atoms with van der Waals surface area (Å²) in [5.74, 6) is -0.603. The van der Waals surface area contributed by atoms with Crippen molar-refractivity contribution in [3.63, 3.8) is 0 Å². The summed E-state index contributed by atoms with van der Waals surface area (Å²) in [5, 5.41) is 0.339. The predicted molar refractivity (Wildman–Crippen MR) is 104 cm³/mol. The van der Waals surface area contributed by atoms with Crippen LogP contribution in [0.3, 0.4) is 0 Å². The average molecular weight is 456 g/mol. The van der Waals surface area contributed by atoms with Gasteiger partial charge in [-0.05, 0) is 18.2 Å². The Labute approximate surface area is 169 Å². The van der Waals surface area contributed by atoms with Crippen molar-refractivity contribution in [2.75, 3.05) is 36.3 Å². The molecule has 0 aliphatic carbocycles. The van der Waals surface area contributed by atoms with Crippen molar-refractivity contribution in [3.05, 3.63) is 28.8 Å². The Morgan fingerprint density at radius 1 is 1.36 bits per heavy atom. The number of carbonyl (C=O) groups is 1. The van der Waals surface area contributed by atoms with E-state index in [4.69, 9.17) is 11.6 Å². The maximum Gasteiger partial charge on any atom is 0.416 e. The first-order valence-electron chi connectivity index (χ1n) is 8.16. The van der Waals surface area contributed by atoms with E-state index in [1.54, 1.807) is 14.1 Å². The number of anilines is 1. The van der Waals surface area contributed by atoms with Gasteiger partial charge in [0.05, 0.1) is 45.6 Å². The number of aliphatic imine (C=N–C) groups is 1. The first kappa shape index (κ1) is 21.3. The summed E-state index contributed by atoms with van der Waals surface area (Å²) in [7, 11) is -0.194. The van der Waals surface area contributed by atoms with E-state index in [0.717, 1.165) is 30.0 Å². The van der Waals surface area contributed by atoms with E-state index in [1.165, 1.54) is 9.80 Å². The maximum absolute atomic E-state index is 13.2. The number of rotatable bonds is 3. The van der Waals surface area contributed by atoms with Crippen LogP contribution in [0.1, 0.15) is 5.56 Å². The van der Waals surface area contributed by atoms with Crippen LogP contribution in [-0.2, 0) is 20.8 Å². The van der Waals surface area contributed by atoms with Gasteiger partial charge in [-0.2, -0.15) is 13.2 Å². The van der Waals surface area contributed by atoms with Crippen LogP contribution in [0.2, 0.25) is 5.02 Å². The van der Waals surface area contributed by atoms with Gasteiger partial charge in [-0.1, -0.05) is 23.4 Å². The Morgan fingerprint density at radius 3 is 2.64 bits per heavy atom. The lowest BCUT2D eigenvalue weighted by Crippen LogP contribution is -2.40. The SMILES string of the molecule is CN(C)C(=O)CSC1=N[C@@H]2CS(=O)(=O)C[C@H]2N1c1cc(C(F)(F)F)ccc1Cl. The van der Waals surface area contributed by atoms with Gasteiger partial charge in [0.1, 0.15) is 0 Å². The van der Waals surface area contributed by atoms with Crippen LogP contribution in [0.25, 0.3) is 0 Å². The number of benzene rings is 1. The topological polar surface area (TPSA) is 70.0 Å². The minimum absolute atomic E-state index is 0.0190. The molecule has 0 saturated carbocycles. The van der Waals surface area contributed by atoms with E-state index >= 15 is 0 Å². The third-order valence-corrected chi connectivity index (χ3v) is 7.43. The summed E-state index contributed by atoms with van der Waals surface area (Å²) in [6.07, 6.45) is -4.58. The van der Waals surface area contributed by atoms with Gasteiger partial charge in [-0.25, -0.2) is 8.42 Å². The summed E-state index contributed by atoms with van der Waals surface area (Å²) in [4.78, 5) is 19.1. The fourth-order valence-electron chi connectivity index (χ4n) is 3.04. The van der Waals surface area contributed by atoms with Crippen molar-refractivity contribution in [2.24, 2.45) is 4.99 Å². The van der Waals surface area contributed by atoms with E-state index in [-0.39, 0.29) is 33.9 Å². The highest BCUT2D eigenvalue weighted by Gasteiger charge is 2.48. The first-order valence-corrected chi connectivity index (χ1v) is 11.3. The molecule has 0 radical (unpaired) electrons. The van der Waals surface area contributed by atoms with Crippen LogP contribution < -0.4 is 4.90 Å². The lowest BCUT2D eigenvalue weighted by Gasteiger charge is -2.28. The van der Waals surface area contributed by atoms with E-state index < -0.39 is 33.7 Å². The molecule has 3 rings (SSSR count). The summed E-state index contributed by atoms with van der Waals surface area (Å²) < 4.78 is 63.6. The fourth-order valence-corrected chi connectivity index (χ4v) is 6.19. The monoisotopic (exact) mass is 455 g/mol. The second-order valence-electron chi connectivity index (χ2n) is 6.73. The normalized spacial score (nSPS) is 23.5. The Bertz CT molecular complexity index is 935. The first-order chi connectivity index (χ1) is 12.9. The molecule has 1 saturated heterocycles. The number of carbonyl (C=O) groups excluding carboxylic acids is 1. The third-order valence-electron chi connectivity index (χ3n) is 4.46. The number of hydrogen-bond donors (Lipinski definition) is 0. The Kier molecular flexibility index (Phi) is 5.63. The summed E-state index contributed by atoms with van der Waals surface area (Å²) in [6.45, 7) is 0. The number of nitrogens with zero attached hydrogens (tertiary/aromatic N) is 3. The maximum atomic E-state index is 13.2. The molecule has 0 N–H and O–H groups in total. The highest BCUT2D eigenvalue weighted by Crippen LogP contribution is 2.41. The molecule has 0 spiro atoms. The minimum Gasteiger partial charge on any atom is -0.348 e. The zero-order valence-corrected chi connectivity index (χ0v) is 17.3. The van der Waals surface area contributed by atoms with Crippen LogP contribution in [0.15, 0.2) is 23.2 Å². The van der Waals surface area contributed by atoms with Gasteiger partial charge in [0, 0.05) is 14.1 Å². The summed E-state index contributed by atoms with van der Waals surface area (Å²) in [5.41, 5.74) is -0.866. The molecule has 2 atom stereocenters. The molecule has 0 unspecified atom stereocenters. The molecule has 2 heterocycles. The van der Waals surface area contributed by atoms with Crippen molar-refractivity contribution in [2.45, 2.75) is 18.3 Å². The summed E-state index contributed by atoms with van der Waals surface area (Å²) in [6, 6.07) is 1.63. The second kappa shape index (κ2) is 7.42. The van der Waals surface area contributed by atoms with Gasteiger partial charge in [-0.3, -0.25) is 9.79 Å². The zero-order valence-electron chi connectivity index (χ0n) is 14.9. The third kappa shape index (κ3) is 4.25. The molecule has 28 heavy (non-hydrogen) atoms. The van der Waals surface area contributed by atoms with Gasteiger partial charge >= 0.3 is 6.18 Å². The van der Waals surface area contributed by atoms with Crippen molar-refractivity contribution in [3.8, 4) is 0 Å². The highest BCUT2D eigenvalue weighted by molar-refractivity contribution is 8.14. The van der Waals surface area contributed by atoms with Gasteiger partial charge in [0.2, 0.25) is 5.91 Å². The lowest BCUT2D eigenvalue weighted by atomic mass is 10.1. The predicted octanol–water partition coefficient (Wildman–Crippen LogP) is 2.52. The highest BCUT2D eigenvalue weighted by atomic mass is 35.5. The van der Waals surface area contributed by atoms with Crippen molar-refractivity contribution < 1.29 is 26.4 Å². The molecule has 1 fully saturated rings. The van der Waals surface area contributed by atoms with Gasteiger partial charge in [-0.15, -0.1) is 0 Å². The van der Waals surface area contributed by atoms with Gasteiger partial charge in [0.25, 0.3) is 0 Å². The molecule has 0 aromatic heterocycles. The Morgan fingerprint density at radius 2 is 2.04 bits per heavy atom. The average Bonchev–Trinajstić information content (AvgIpc) is 3.03. The number of amidine groups is 1. The number of amides is 1.